The van der Waals surface area contributed by atoms with Crippen LogP contribution in [0.25, 0.3) is 0 Å². The van der Waals surface area contributed by atoms with Gasteiger partial charge in [0.25, 0.3) is 0 Å². The molecule has 2 aromatic rings. The van der Waals surface area contributed by atoms with Crippen LogP contribution < -0.4 is 10.5 Å². The van der Waals surface area contributed by atoms with E-state index in [2.05, 4.69) is 15.9 Å². The zero-order chi connectivity index (χ0) is 13.0. The lowest BCUT2D eigenvalue weighted by atomic mass is 10.1. The third kappa shape index (κ3) is 3.47. The van der Waals surface area contributed by atoms with Crippen LogP contribution in [-0.2, 0) is 6.42 Å². The predicted molar refractivity (Wildman–Crippen MR) is 74.2 cm³/mol. The van der Waals surface area contributed by atoms with E-state index in [1.807, 2.05) is 24.3 Å². The van der Waals surface area contributed by atoms with Crippen molar-refractivity contribution < 1.29 is 9.13 Å². The molecule has 0 saturated heterocycles. The number of nitrogen functional groups attached to an aromatic ring is 1. The normalized spacial score (nSPS) is 10.3. The lowest BCUT2D eigenvalue weighted by Crippen LogP contribution is -2.02. The Bertz CT molecular complexity index is 528. The third-order valence-electron chi connectivity index (χ3n) is 2.52. The summed E-state index contributed by atoms with van der Waals surface area (Å²) in [5, 5.41) is 0. The van der Waals surface area contributed by atoms with Gasteiger partial charge < -0.3 is 10.5 Å². The first-order valence-electron chi connectivity index (χ1n) is 5.57. The second kappa shape index (κ2) is 5.87. The molecule has 2 N–H and O–H groups in total. The van der Waals surface area contributed by atoms with E-state index >= 15 is 0 Å². The van der Waals surface area contributed by atoms with Gasteiger partial charge in [-0.3, -0.25) is 0 Å². The van der Waals surface area contributed by atoms with Crippen LogP contribution in [0.3, 0.4) is 0 Å². The van der Waals surface area contributed by atoms with E-state index < -0.39 is 0 Å². The summed E-state index contributed by atoms with van der Waals surface area (Å²) in [7, 11) is 0. The molecule has 0 aliphatic rings. The quantitative estimate of drug-likeness (QED) is 0.872. The van der Waals surface area contributed by atoms with Gasteiger partial charge in [0.1, 0.15) is 0 Å². The Labute approximate surface area is 114 Å². The summed E-state index contributed by atoms with van der Waals surface area (Å²) >= 11 is 3.20. The summed E-state index contributed by atoms with van der Waals surface area (Å²) in [6, 6.07) is 12.3. The highest BCUT2D eigenvalue weighted by Crippen LogP contribution is 2.21. The molecule has 0 aliphatic heterocycles. The van der Waals surface area contributed by atoms with Gasteiger partial charge in [0.05, 0.1) is 6.61 Å². The van der Waals surface area contributed by atoms with Gasteiger partial charge in [0, 0.05) is 16.6 Å². The van der Waals surface area contributed by atoms with E-state index in [1.54, 1.807) is 12.1 Å². The van der Waals surface area contributed by atoms with Crippen molar-refractivity contribution in [1.82, 2.24) is 0 Å². The molecular formula is C14H13BrFNO. The monoisotopic (exact) mass is 309 g/mol. The largest absolute Gasteiger partial charge is 0.490 e. The van der Waals surface area contributed by atoms with Crippen LogP contribution in [0.2, 0.25) is 0 Å². The second-order valence-electron chi connectivity index (χ2n) is 3.91. The Kier molecular flexibility index (Phi) is 4.20. The highest BCUT2D eigenvalue weighted by molar-refractivity contribution is 9.10. The van der Waals surface area contributed by atoms with Crippen molar-refractivity contribution in [3.05, 3.63) is 58.3 Å². The highest BCUT2D eigenvalue weighted by Gasteiger charge is 2.03. The standard InChI is InChI=1S/C14H13BrFNO/c15-11-3-6-14(13(16)9-11)18-8-7-10-1-4-12(17)5-2-10/h1-6,9H,7-8,17H2. The molecule has 0 fully saturated rings. The number of benzene rings is 2. The molecule has 0 spiro atoms. The van der Waals surface area contributed by atoms with E-state index in [0.29, 0.717) is 11.1 Å². The van der Waals surface area contributed by atoms with Crippen LogP contribution in [0, 0.1) is 5.82 Å². The minimum absolute atomic E-state index is 0.272. The van der Waals surface area contributed by atoms with Crippen molar-refractivity contribution in [1.29, 1.82) is 0 Å². The summed E-state index contributed by atoms with van der Waals surface area (Å²) in [6.45, 7) is 0.433. The molecule has 94 valence electrons. The molecule has 4 heteroatoms. The maximum atomic E-state index is 13.5. The van der Waals surface area contributed by atoms with Crippen molar-refractivity contribution >= 4 is 21.6 Å². The molecule has 0 atom stereocenters. The van der Waals surface area contributed by atoms with Crippen molar-refractivity contribution in [3.63, 3.8) is 0 Å². The van der Waals surface area contributed by atoms with E-state index in [0.717, 1.165) is 17.7 Å². The van der Waals surface area contributed by atoms with Gasteiger partial charge >= 0.3 is 0 Å². The van der Waals surface area contributed by atoms with Crippen molar-refractivity contribution in [2.45, 2.75) is 6.42 Å². The molecule has 0 amide bonds. The molecule has 2 aromatic carbocycles. The van der Waals surface area contributed by atoms with Gasteiger partial charge in [-0.1, -0.05) is 28.1 Å². The average molecular weight is 310 g/mol. The first-order chi connectivity index (χ1) is 8.65. The van der Waals surface area contributed by atoms with Crippen LogP contribution in [0.1, 0.15) is 5.56 Å². The predicted octanol–water partition coefficient (Wildman–Crippen LogP) is 3.79. The van der Waals surface area contributed by atoms with Crippen LogP contribution in [0.4, 0.5) is 10.1 Å². The molecule has 2 rings (SSSR count). The molecule has 2 nitrogen and oxygen atoms in total. The molecule has 0 unspecified atom stereocenters. The maximum Gasteiger partial charge on any atom is 0.166 e. The van der Waals surface area contributed by atoms with Gasteiger partial charge in [-0.2, -0.15) is 0 Å². The number of nitrogens with two attached hydrogens (primary N) is 1. The minimum atomic E-state index is -0.360. The van der Waals surface area contributed by atoms with Crippen molar-refractivity contribution in [2.75, 3.05) is 12.3 Å². The third-order valence-corrected chi connectivity index (χ3v) is 3.02. The fourth-order valence-electron chi connectivity index (χ4n) is 1.56. The molecular weight excluding hydrogens is 297 g/mol. The molecule has 0 heterocycles. The van der Waals surface area contributed by atoms with Gasteiger partial charge in [0.15, 0.2) is 11.6 Å². The molecule has 18 heavy (non-hydrogen) atoms. The Morgan fingerprint density at radius 3 is 2.50 bits per heavy atom. The van der Waals surface area contributed by atoms with Gasteiger partial charge in [-0.15, -0.1) is 0 Å². The SMILES string of the molecule is Nc1ccc(CCOc2ccc(Br)cc2F)cc1. The average Bonchev–Trinajstić information content (AvgIpc) is 2.34. The summed E-state index contributed by atoms with van der Waals surface area (Å²) in [6.07, 6.45) is 0.718. The van der Waals surface area contributed by atoms with Gasteiger partial charge in [-0.25, -0.2) is 4.39 Å². The number of ether oxygens (including phenoxy) is 1. The minimum Gasteiger partial charge on any atom is -0.490 e. The molecule has 0 aliphatic carbocycles. The maximum absolute atomic E-state index is 13.5. The van der Waals surface area contributed by atoms with Gasteiger partial charge in [0.2, 0.25) is 0 Å². The summed E-state index contributed by atoms with van der Waals surface area (Å²) in [5.74, 6) is -0.0877. The smallest absolute Gasteiger partial charge is 0.166 e. The Hall–Kier alpha value is -1.55. The second-order valence-corrected chi connectivity index (χ2v) is 4.83. The Morgan fingerprint density at radius 2 is 1.83 bits per heavy atom. The molecule has 0 saturated carbocycles. The lowest BCUT2D eigenvalue weighted by molar-refractivity contribution is 0.305. The van der Waals surface area contributed by atoms with Crippen LogP contribution >= 0.6 is 15.9 Å². The van der Waals surface area contributed by atoms with Gasteiger partial charge in [-0.05, 0) is 35.9 Å². The number of anilines is 1. The van der Waals surface area contributed by atoms with Crippen LogP contribution in [0.15, 0.2) is 46.9 Å². The summed E-state index contributed by atoms with van der Waals surface area (Å²) < 4.78 is 19.6. The fraction of sp³-hybridized carbons (Fsp3) is 0.143. The zero-order valence-electron chi connectivity index (χ0n) is 9.70. The highest BCUT2D eigenvalue weighted by atomic mass is 79.9. The molecule has 0 radical (unpaired) electrons. The Balaban J connectivity index is 1.90. The van der Waals surface area contributed by atoms with Crippen molar-refractivity contribution in [3.8, 4) is 5.75 Å². The topological polar surface area (TPSA) is 35.2 Å². The lowest BCUT2D eigenvalue weighted by Gasteiger charge is -2.07. The number of halogens is 2. The number of hydrogen-bond acceptors (Lipinski definition) is 2. The number of hydrogen-bond donors (Lipinski definition) is 1. The molecule has 0 bridgehead atoms. The van der Waals surface area contributed by atoms with E-state index in [-0.39, 0.29) is 11.6 Å². The van der Waals surface area contributed by atoms with E-state index in [9.17, 15) is 4.39 Å². The van der Waals surface area contributed by atoms with Crippen LogP contribution in [-0.4, -0.2) is 6.61 Å². The fourth-order valence-corrected chi connectivity index (χ4v) is 1.89. The van der Waals surface area contributed by atoms with Crippen molar-refractivity contribution in [2.24, 2.45) is 0 Å². The number of rotatable bonds is 4. The summed E-state index contributed by atoms with van der Waals surface area (Å²) in [5.41, 5.74) is 7.44. The zero-order valence-corrected chi connectivity index (χ0v) is 11.3. The van der Waals surface area contributed by atoms with E-state index in [1.165, 1.54) is 6.07 Å². The first kappa shape index (κ1) is 12.9. The summed E-state index contributed by atoms with van der Waals surface area (Å²) in [4.78, 5) is 0. The van der Waals surface area contributed by atoms with Crippen LogP contribution in [0.5, 0.6) is 5.75 Å². The first-order valence-corrected chi connectivity index (χ1v) is 6.37. The Morgan fingerprint density at radius 1 is 1.11 bits per heavy atom. The molecule has 0 aromatic heterocycles. The van der Waals surface area contributed by atoms with E-state index in [4.69, 9.17) is 10.5 Å².